The van der Waals surface area contributed by atoms with Crippen LogP contribution in [0.3, 0.4) is 0 Å². The number of hydrogen-bond donors (Lipinski definition) is 1. The van der Waals surface area contributed by atoms with Gasteiger partial charge in [-0.25, -0.2) is 23.8 Å². The fraction of sp³-hybridized carbons (Fsp3) is 0.435. The molecule has 184 valence electrons. The molecule has 2 aromatic rings. The molecular weight excluding hydrogens is 451 g/mol. The average molecular weight is 478 g/mol. The summed E-state index contributed by atoms with van der Waals surface area (Å²) in [6.45, 7) is 10.5. The number of carbonyl (C=O) groups excluding carboxylic acids is 3. The summed E-state index contributed by atoms with van der Waals surface area (Å²) in [6, 6.07) is 3.45. The van der Waals surface area contributed by atoms with Crippen molar-refractivity contribution in [1.29, 1.82) is 0 Å². The Hall–Kier alpha value is -3.76. The molecule has 0 aliphatic carbocycles. The standard InChI is InChI=1S/C23H27FN2O8/c1-12(27)32-18(19(28)29)17-14-10-16(25-11-13(14)8-9-15(17)24)26(20(30)33-22(2,3)4)21(31)34-23(5,6)7/h8-11,18H,1-7H3,(H,28,29). The highest BCUT2D eigenvalue weighted by atomic mass is 19.1. The summed E-state index contributed by atoms with van der Waals surface area (Å²) in [5.74, 6) is -3.84. The summed E-state index contributed by atoms with van der Waals surface area (Å²) in [4.78, 5) is 53.6. The zero-order valence-electron chi connectivity index (χ0n) is 20.0. The minimum atomic E-state index is -1.98. The lowest BCUT2D eigenvalue weighted by molar-refractivity contribution is -0.163. The summed E-state index contributed by atoms with van der Waals surface area (Å²) in [5, 5.41) is 9.78. The molecule has 1 atom stereocenters. The van der Waals surface area contributed by atoms with Crippen molar-refractivity contribution in [1.82, 2.24) is 4.98 Å². The van der Waals surface area contributed by atoms with Crippen molar-refractivity contribution in [3.8, 4) is 0 Å². The minimum Gasteiger partial charge on any atom is -0.478 e. The van der Waals surface area contributed by atoms with Crippen LogP contribution in [0.2, 0.25) is 0 Å². The van der Waals surface area contributed by atoms with Gasteiger partial charge in [0.05, 0.1) is 0 Å². The van der Waals surface area contributed by atoms with Crippen molar-refractivity contribution in [2.75, 3.05) is 4.90 Å². The Balaban J connectivity index is 2.74. The second kappa shape index (κ2) is 9.62. The molecule has 1 aromatic heterocycles. The predicted octanol–water partition coefficient (Wildman–Crippen LogP) is 4.74. The predicted molar refractivity (Wildman–Crippen MR) is 119 cm³/mol. The molecule has 10 nitrogen and oxygen atoms in total. The van der Waals surface area contributed by atoms with E-state index in [1.165, 1.54) is 12.3 Å². The number of amides is 2. The number of rotatable bonds is 4. The zero-order valence-corrected chi connectivity index (χ0v) is 20.0. The van der Waals surface area contributed by atoms with E-state index in [4.69, 9.17) is 14.2 Å². The Labute approximate surface area is 195 Å². The van der Waals surface area contributed by atoms with Crippen LogP contribution in [0.15, 0.2) is 24.4 Å². The Morgan fingerprint density at radius 2 is 1.53 bits per heavy atom. The van der Waals surface area contributed by atoms with Gasteiger partial charge in [-0.2, -0.15) is 4.90 Å². The molecule has 1 aromatic carbocycles. The quantitative estimate of drug-likeness (QED) is 0.489. The summed E-state index contributed by atoms with van der Waals surface area (Å²) >= 11 is 0. The van der Waals surface area contributed by atoms with Gasteiger partial charge >= 0.3 is 24.1 Å². The number of carboxylic acid groups (broad SMARTS) is 1. The molecule has 0 aliphatic rings. The minimum absolute atomic E-state index is 0.0456. The second-order valence-corrected chi connectivity index (χ2v) is 9.35. The molecule has 0 spiro atoms. The molecule has 2 amide bonds. The van der Waals surface area contributed by atoms with Gasteiger partial charge in [-0.1, -0.05) is 0 Å². The highest BCUT2D eigenvalue weighted by Crippen LogP contribution is 2.32. The van der Waals surface area contributed by atoms with Gasteiger partial charge in [-0.3, -0.25) is 4.79 Å². The fourth-order valence-electron chi connectivity index (χ4n) is 2.87. The first-order chi connectivity index (χ1) is 15.5. The van der Waals surface area contributed by atoms with Crippen molar-refractivity contribution >= 4 is 40.7 Å². The van der Waals surface area contributed by atoms with E-state index in [0.29, 0.717) is 4.90 Å². The van der Waals surface area contributed by atoms with E-state index in [1.807, 2.05) is 0 Å². The monoisotopic (exact) mass is 478 g/mol. The number of pyridine rings is 1. The first kappa shape index (κ1) is 26.5. The van der Waals surface area contributed by atoms with Crippen LogP contribution in [0.4, 0.5) is 19.8 Å². The molecule has 0 saturated carbocycles. The highest BCUT2D eigenvalue weighted by molar-refractivity contribution is 6.10. The molecule has 0 radical (unpaired) electrons. The number of benzene rings is 1. The van der Waals surface area contributed by atoms with Crippen LogP contribution in [0.25, 0.3) is 10.8 Å². The third-order valence-electron chi connectivity index (χ3n) is 4.03. The number of halogens is 1. The summed E-state index contributed by atoms with van der Waals surface area (Å²) in [6.07, 6.45) is -2.99. The maximum Gasteiger partial charge on any atom is 0.425 e. The number of imide groups is 1. The zero-order chi connectivity index (χ0) is 26.0. The molecule has 0 saturated heterocycles. The first-order valence-corrected chi connectivity index (χ1v) is 10.2. The number of carboxylic acids is 1. The van der Waals surface area contributed by atoms with Gasteiger partial charge in [-0.05, 0) is 65.1 Å². The van der Waals surface area contributed by atoms with Crippen molar-refractivity contribution in [3.05, 3.63) is 35.8 Å². The Morgan fingerprint density at radius 1 is 1.00 bits per heavy atom. The maximum atomic E-state index is 14.8. The molecule has 0 fully saturated rings. The lowest BCUT2D eigenvalue weighted by Crippen LogP contribution is -2.44. The molecule has 1 N–H and O–H groups in total. The maximum absolute atomic E-state index is 14.8. The van der Waals surface area contributed by atoms with Crippen molar-refractivity contribution in [3.63, 3.8) is 0 Å². The van der Waals surface area contributed by atoms with Gasteiger partial charge in [0.2, 0.25) is 6.10 Å². The van der Waals surface area contributed by atoms with Gasteiger partial charge in [0.25, 0.3) is 0 Å². The van der Waals surface area contributed by atoms with Crippen LogP contribution in [0, 0.1) is 5.82 Å². The number of anilines is 1. The van der Waals surface area contributed by atoms with Gasteiger partial charge in [0.15, 0.2) is 0 Å². The van der Waals surface area contributed by atoms with Crippen LogP contribution in [0.5, 0.6) is 0 Å². The van der Waals surface area contributed by atoms with E-state index in [1.54, 1.807) is 41.5 Å². The third-order valence-corrected chi connectivity index (χ3v) is 4.03. The second-order valence-electron chi connectivity index (χ2n) is 9.35. The number of hydrogen-bond acceptors (Lipinski definition) is 8. The molecule has 2 rings (SSSR count). The van der Waals surface area contributed by atoms with E-state index in [0.717, 1.165) is 19.1 Å². The van der Waals surface area contributed by atoms with Crippen LogP contribution < -0.4 is 4.90 Å². The van der Waals surface area contributed by atoms with E-state index < -0.39 is 52.8 Å². The topological polar surface area (TPSA) is 132 Å². The number of carbonyl (C=O) groups is 4. The van der Waals surface area contributed by atoms with Crippen LogP contribution in [-0.4, -0.2) is 45.4 Å². The number of fused-ring (bicyclic) bond motifs is 1. The van der Waals surface area contributed by atoms with Gasteiger partial charge in [-0.15, -0.1) is 0 Å². The van der Waals surface area contributed by atoms with Crippen molar-refractivity contribution in [2.45, 2.75) is 65.8 Å². The Kier molecular flexibility index (Phi) is 7.49. The molecule has 34 heavy (non-hydrogen) atoms. The van der Waals surface area contributed by atoms with E-state index in [-0.39, 0.29) is 16.6 Å². The number of aliphatic carboxylic acids is 1. The molecule has 1 heterocycles. The lowest BCUT2D eigenvalue weighted by atomic mass is 10.0. The molecule has 11 heteroatoms. The summed E-state index contributed by atoms with van der Waals surface area (Å²) in [5.41, 5.74) is -2.43. The van der Waals surface area contributed by atoms with E-state index in [2.05, 4.69) is 4.98 Å². The van der Waals surface area contributed by atoms with Gasteiger partial charge in [0, 0.05) is 24.1 Å². The molecule has 0 bridgehead atoms. The SMILES string of the molecule is CC(=O)OC(C(=O)O)c1c(F)ccc2cnc(N(C(=O)OC(C)(C)C)C(=O)OC(C)(C)C)cc12. The van der Waals surface area contributed by atoms with E-state index in [9.17, 15) is 28.7 Å². The Bertz CT molecular complexity index is 1110. The summed E-state index contributed by atoms with van der Waals surface area (Å²) < 4.78 is 30.2. The number of aromatic nitrogens is 1. The normalized spacial score (nSPS) is 12.6. The first-order valence-electron chi connectivity index (χ1n) is 10.2. The lowest BCUT2D eigenvalue weighted by Gasteiger charge is -2.28. The third kappa shape index (κ3) is 6.63. The summed E-state index contributed by atoms with van der Waals surface area (Å²) in [7, 11) is 0. The average Bonchev–Trinajstić information content (AvgIpc) is 2.63. The van der Waals surface area contributed by atoms with Crippen LogP contribution in [-0.2, 0) is 23.8 Å². The Morgan fingerprint density at radius 3 is 1.97 bits per heavy atom. The number of esters is 1. The van der Waals surface area contributed by atoms with Crippen LogP contribution >= 0.6 is 0 Å². The molecular formula is C23H27FN2O8. The largest absolute Gasteiger partial charge is 0.478 e. The molecule has 0 aliphatic heterocycles. The van der Waals surface area contributed by atoms with Gasteiger partial charge < -0.3 is 19.3 Å². The van der Waals surface area contributed by atoms with Crippen LogP contribution in [0.1, 0.15) is 60.1 Å². The number of ether oxygens (including phenoxy) is 3. The van der Waals surface area contributed by atoms with Crippen molar-refractivity contribution in [2.24, 2.45) is 0 Å². The smallest absolute Gasteiger partial charge is 0.425 e. The number of nitrogens with zero attached hydrogens (tertiary/aromatic N) is 2. The van der Waals surface area contributed by atoms with Crippen molar-refractivity contribution < 1.29 is 42.9 Å². The van der Waals surface area contributed by atoms with E-state index >= 15 is 0 Å². The highest BCUT2D eigenvalue weighted by Gasteiger charge is 2.35. The van der Waals surface area contributed by atoms with Gasteiger partial charge in [0.1, 0.15) is 22.8 Å². The molecule has 1 unspecified atom stereocenters. The fourth-order valence-corrected chi connectivity index (χ4v) is 2.87.